The lowest BCUT2D eigenvalue weighted by Gasteiger charge is -2.19. The van der Waals surface area contributed by atoms with Crippen molar-refractivity contribution in [2.45, 2.75) is 38.9 Å². The van der Waals surface area contributed by atoms with Gasteiger partial charge in [-0.15, -0.1) is 0 Å². The van der Waals surface area contributed by atoms with E-state index in [-0.39, 0.29) is 0 Å². The molecular weight excluding hydrogens is 260 g/mol. The summed E-state index contributed by atoms with van der Waals surface area (Å²) in [7, 11) is 1.99. The molecule has 0 fully saturated rings. The van der Waals surface area contributed by atoms with E-state index in [1.165, 1.54) is 22.4 Å². The molecule has 2 aromatic rings. The molecular formula is C17H24N4. The van der Waals surface area contributed by atoms with Crippen molar-refractivity contribution in [2.75, 3.05) is 6.54 Å². The van der Waals surface area contributed by atoms with Crippen LogP contribution in [0.4, 0.5) is 0 Å². The van der Waals surface area contributed by atoms with Gasteiger partial charge in [-0.3, -0.25) is 4.68 Å². The van der Waals surface area contributed by atoms with Crippen LogP contribution in [-0.2, 0) is 26.6 Å². The molecule has 112 valence electrons. The highest BCUT2D eigenvalue weighted by Crippen LogP contribution is 2.24. The van der Waals surface area contributed by atoms with E-state index in [9.17, 15) is 0 Å². The van der Waals surface area contributed by atoms with E-state index in [1.807, 2.05) is 11.7 Å². The summed E-state index contributed by atoms with van der Waals surface area (Å²) >= 11 is 0. The van der Waals surface area contributed by atoms with Crippen molar-refractivity contribution >= 4 is 0 Å². The van der Waals surface area contributed by atoms with Crippen molar-refractivity contribution < 1.29 is 0 Å². The molecule has 1 aliphatic heterocycles. The smallest absolute Gasteiger partial charge is 0.0666 e. The van der Waals surface area contributed by atoms with Crippen molar-refractivity contribution in [3.8, 4) is 0 Å². The van der Waals surface area contributed by atoms with Gasteiger partial charge in [-0.2, -0.15) is 5.10 Å². The minimum absolute atomic E-state index is 0.418. The van der Waals surface area contributed by atoms with Gasteiger partial charge in [0.15, 0.2) is 0 Å². The van der Waals surface area contributed by atoms with Crippen molar-refractivity contribution in [1.29, 1.82) is 0 Å². The zero-order valence-corrected chi connectivity index (χ0v) is 12.9. The Morgan fingerprint density at radius 2 is 2.24 bits per heavy atom. The molecule has 0 amide bonds. The van der Waals surface area contributed by atoms with E-state index in [1.54, 1.807) is 0 Å². The fraction of sp³-hybridized carbons (Fsp3) is 0.471. The normalized spacial score (nSPS) is 18.3. The number of fused-ring (bicyclic) bond motifs is 1. The first-order chi connectivity index (χ1) is 10.3. The fourth-order valence-electron chi connectivity index (χ4n) is 3.13. The van der Waals surface area contributed by atoms with Crippen LogP contribution in [0.25, 0.3) is 0 Å². The van der Waals surface area contributed by atoms with E-state index >= 15 is 0 Å². The second-order valence-corrected chi connectivity index (χ2v) is 5.73. The summed E-state index contributed by atoms with van der Waals surface area (Å²) in [6, 6.07) is 9.16. The molecule has 1 unspecified atom stereocenters. The lowest BCUT2D eigenvalue weighted by Crippen LogP contribution is -2.23. The maximum Gasteiger partial charge on any atom is 0.0666 e. The van der Waals surface area contributed by atoms with Crippen molar-refractivity contribution in [3.63, 3.8) is 0 Å². The Morgan fingerprint density at radius 1 is 1.38 bits per heavy atom. The molecule has 1 aliphatic rings. The third-order valence-corrected chi connectivity index (χ3v) is 4.22. The van der Waals surface area contributed by atoms with Gasteiger partial charge in [0.05, 0.1) is 5.69 Å². The Labute approximate surface area is 126 Å². The number of aryl methyl sites for hydroxylation is 2. The van der Waals surface area contributed by atoms with E-state index in [4.69, 9.17) is 0 Å². The van der Waals surface area contributed by atoms with Crippen LogP contribution in [0, 0.1) is 0 Å². The topological polar surface area (TPSA) is 41.9 Å². The second-order valence-electron chi connectivity index (χ2n) is 5.73. The van der Waals surface area contributed by atoms with Crippen LogP contribution < -0.4 is 10.6 Å². The van der Waals surface area contributed by atoms with Crippen LogP contribution >= 0.6 is 0 Å². The first-order valence-corrected chi connectivity index (χ1v) is 7.81. The van der Waals surface area contributed by atoms with Gasteiger partial charge in [-0.25, -0.2) is 0 Å². The minimum Gasteiger partial charge on any atom is -0.313 e. The largest absolute Gasteiger partial charge is 0.313 e. The molecule has 4 heteroatoms. The lowest BCUT2D eigenvalue weighted by atomic mass is 9.99. The Bertz CT molecular complexity index is 603. The van der Waals surface area contributed by atoms with Crippen LogP contribution in [0.1, 0.15) is 41.8 Å². The Hall–Kier alpha value is -1.65. The number of hydrogen-bond donors (Lipinski definition) is 2. The van der Waals surface area contributed by atoms with Gasteiger partial charge in [0.2, 0.25) is 0 Å². The SMILES string of the molecule is CCc1nn(C)cc1CNC1CCNCc2ccccc21. The molecule has 21 heavy (non-hydrogen) atoms. The Balaban J connectivity index is 1.75. The quantitative estimate of drug-likeness (QED) is 0.905. The first kappa shape index (κ1) is 14.3. The number of nitrogens with one attached hydrogen (secondary N) is 2. The molecule has 3 rings (SSSR count). The molecule has 0 bridgehead atoms. The third kappa shape index (κ3) is 3.17. The standard InChI is InChI=1S/C17H24N4/c1-3-16-14(12-21(2)20-16)11-19-17-8-9-18-10-13-6-4-5-7-15(13)17/h4-7,12,17-19H,3,8-11H2,1-2H3. The molecule has 0 aliphatic carbocycles. The maximum absolute atomic E-state index is 4.52. The summed E-state index contributed by atoms with van der Waals surface area (Å²) in [5, 5.41) is 11.8. The number of rotatable bonds is 4. The summed E-state index contributed by atoms with van der Waals surface area (Å²) in [6.45, 7) is 5.08. The van der Waals surface area contributed by atoms with E-state index in [0.29, 0.717) is 6.04 Å². The average Bonchev–Trinajstić information content (AvgIpc) is 2.74. The Kier molecular flexibility index (Phi) is 4.36. The second kappa shape index (κ2) is 6.41. The van der Waals surface area contributed by atoms with Gasteiger partial charge >= 0.3 is 0 Å². The van der Waals surface area contributed by atoms with Crippen LogP contribution in [0.3, 0.4) is 0 Å². The zero-order chi connectivity index (χ0) is 14.7. The number of hydrogen-bond acceptors (Lipinski definition) is 3. The number of benzene rings is 1. The summed E-state index contributed by atoms with van der Waals surface area (Å²) in [4.78, 5) is 0. The maximum atomic E-state index is 4.52. The van der Waals surface area contributed by atoms with Crippen LogP contribution in [0.15, 0.2) is 30.5 Å². The van der Waals surface area contributed by atoms with Crippen LogP contribution in [0.2, 0.25) is 0 Å². The van der Waals surface area contributed by atoms with Gasteiger partial charge < -0.3 is 10.6 Å². The minimum atomic E-state index is 0.418. The van der Waals surface area contributed by atoms with Crippen LogP contribution in [-0.4, -0.2) is 16.3 Å². The lowest BCUT2D eigenvalue weighted by molar-refractivity contribution is 0.495. The monoisotopic (exact) mass is 284 g/mol. The highest BCUT2D eigenvalue weighted by molar-refractivity contribution is 5.31. The van der Waals surface area contributed by atoms with Gasteiger partial charge in [0.1, 0.15) is 0 Å². The fourth-order valence-corrected chi connectivity index (χ4v) is 3.13. The molecule has 1 aromatic carbocycles. The van der Waals surface area contributed by atoms with Crippen molar-refractivity contribution in [1.82, 2.24) is 20.4 Å². The van der Waals surface area contributed by atoms with E-state index in [2.05, 4.69) is 53.1 Å². The van der Waals surface area contributed by atoms with E-state index in [0.717, 1.165) is 32.5 Å². The molecule has 4 nitrogen and oxygen atoms in total. The first-order valence-electron chi connectivity index (χ1n) is 7.81. The molecule has 2 heterocycles. The van der Waals surface area contributed by atoms with Gasteiger partial charge in [-0.05, 0) is 30.5 Å². The molecule has 0 radical (unpaired) electrons. The predicted molar refractivity (Wildman–Crippen MR) is 84.9 cm³/mol. The number of nitrogens with zero attached hydrogens (tertiary/aromatic N) is 2. The summed E-state index contributed by atoms with van der Waals surface area (Å²) in [6.07, 6.45) is 4.24. The van der Waals surface area contributed by atoms with Crippen molar-refractivity contribution in [3.05, 3.63) is 52.8 Å². The summed E-state index contributed by atoms with van der Waals surface area (Å²) < 4.78 is 1.92. The molecule has 0 saturated heterocycles. The van der Waals surface area contributed by atoms with Crippen LogP contribution in [0.5, 0.6) is 0 Å². The predicted octanol–water partition coefficient (Wildman–Crippen LogP) is 2.31. The molecule has 2 N–H and O–H groups in total. The third-order valence-electron chi connectivity index (χ3n) is 4.22. The molecule has 1 atom stereocenters. The molecule has 0 saturated carbocycles. The zero-order valence-electron chi connectivity index (χ0n) is 12.9. The van der Waals surface area contributed by atoms with Crippen molar-refractivity contribution in [2.24, 2.45) is 7.05 Å². The Morgan fingerprint density at radius 3 is 3.10 bits per heavy atom. The molecule has 1 aromatic heterocycles. The number of aromatic nitrogens is 2. The summed E-state index contributed by atoms with van der Waals surface area (Å²) in [5.41, 5.74) is 5.36. The van der Waals surface area contributed by atoms with Gasteiger partial charge in [0, 0.05) is 37.9 Å². The van der Waals surface area contributed by atoms with Gasteiger partial charge in [0.25, 0.3) is 0 Å². The van der Waals surface area contributed by atoms with Gasteiger partial charge in [-0.1, -0.05) is 31.2 Å². The highest BCUT2D eigenvalue weighted by atomic mass is 15.3. The average molecular weight is 284 g/mol. The highest BCUT2D eigenvalue weighted by Gasteiger charge is 2.18. The molecule has 0 spiro atoms. The summed E-state index contributed by atoms with van der Waals surface area (Å²) in [5.74, 6) is 0. The van der Waals surface area contributed by atoms with E-state index < -0.39 is 0 Å².